The third-order valence-corrected chi connectivity index (χ3v) is 5.49. The van der Waals surface area contributed by atoms with Gasteiger partial charge in [0.15, 0.2) is 11.5 Å². The van der Waals surface area contributed by atoms with Gasteiger partial charge in [-0.2, -0.15) is 0 Å². The smallest absolute Gasteiger partial charge is 0.270 e. The molecule has 0 radical (unpaired) electrons. The third kappa shape index (κ3) is 4.83. The molecule has 4 aromatic rings. The Balaban J connectivity index is 1.24. The van der Waals surface area contributed by atoms with Crippen LogP contribution in [0, 0.1) is 0 Å². The molecule has 3 heterocycles. The molecule has 1 aliphatic rings. The topological polar surface area (TPSA) is 85.4 Å². The highest BCUT2D eigenvalue weighted by Gasteiger charge is 2.12. The Labute approximate surface area is 195 Å². The summed E-state index contributed by atoms with van der Waals surface area (Å²) < 4.78 is 11.3. The second-order valence-electron chi connectivity index (χ2n) is 7.60. The van der Waals surface area contributed by atoms with Crippen molar-refractivity contribution in [3.05, 3.63) is 83.3 Å². The number of hydrogen-bond acceptors (Lipinski definition) is 6. The number of halogens is 1. The Bertz CT molecular complexity index is 1310. The van der Waals surface area contributed by atoms with E-state index in [1.165, 1.54) is 0 Å². The molecule has 0 atom stereocenters. The lowest BCUT2D eigenvalue weighted by Crippen LogP contribution is -2.23. The zero-order valence-corrected chi connectivity index (χ0v) is 18.4. The minimum absolute atomic E-state index is 0.260. The molecule has 5 rings (SSSR count). The van der Waals surface area contributed by atoms with Gasteiger partial charge in [0.1, 0.15) is 11.5 Å². The summed E-state index contributed by atoms with van der Waals surface area (Å²) >= 11 is 6.14. The maximum absolute atomic E-state index is 12.6. The predicted octanol–water partition coefficient (Wildman–Crippen LogP) is 5.12. The van der Waals surface area contributed by atoms with Gasteiger partial charge in [-0.25, -0.2) is 9.97 Å². The molecule has 0 bridgehead atoms. The van der Waals surface area contributed by atoms with Crippen LogP contribution in [0.25, 0.3) is 10.8 Å². The maximum atomic E-state index is 12.6. The van der Waals surface area contributed by atoms with Crippen LogP contribution in [0.2, 0.25) is 5.02 Å². The number of fused-ring (bicyclic) bond motifs is 2. The van der Waals surface area contributed by atoms with E-state index in [0.717, 1.165) is 34.2 Å². The van der Waals surface area contributed by atoms with Crippen LogP contribution in [0.4, 0.5) is 11.5 Å². The van der Waals surface area contributed by atoms with Gasteiger partial charge in [-0.3, -0.25) is 4.79 Å². The van der Waals surface area contributed by atoms with Gasteiger partial charge < -0.3 is 20.1 Å². The van der Waals surface area contributed by atoms with Crippen molar-refractivity contribution in [1.82, 2.24) is 15.3 Å². The van der Waals surface area contributed by atoms with Crippen molar-refractivity contribution >= 4 is 39.8 Å². The van der Waals surface area contributed by atoms with E-state index in [0.29, 0.717) is 42.0 Å². The quantitative estimate of drug-likeness (QED) is 0.430. The zero-order valence-electron chi connectivity index (χ0n) is 17.7. The van der Waals surface area contributed by atoms with Crippen molar-refractivity contribution in [2.24, 2.45) is 0 Å². The number of nitrogens with zero attached hydrogens (tertiary/aromatic N) is 2. The molecule has 0 saturated heterocycles. The molecule has 0 aliphatic carbocycles. The van der Waals surface area contributed by atoms with Crippen molar-refractivity contribution in [2.45, 2.75) is 13.0 Å². The molecule has 0 unspecified atom stereocenters. The van der Waals surface area contributed by atoms with Crippen LogP contribution in [0.15, 0.2) is 67.0 Å². The average molecular weight is 461 g/mol. The maximum Gasteiger partial charge on any atom is 0.270 e. The summed E-state index contributed by atoms with van der Waals surface area (Å²) in [5.41, 5.74) is 1.96. The van der Waals surface area contributed by atoms with Crippen LogP contribution >= 0.6 is 11.6 Å². The highest BCUT2D eigenvalue weighted by atomic mass is 35.5. The summed E-state index contributed by atoms with van der Waals surface area (Å²) in [6.07, 6.45) is 4.18. The van der Waals surface area contributed by atoms with Crippen molar-refractivity contribution in [3.8, 4) is 11.5 Å². The van der Waals surface area contributed by atoms with E-state index in [1.807, 2.05) is 42.5 Å². The first-order chi connectivity index (χ1) is 16.2. The van der Waals surface area contributed by atoms with E-state index in [4.69, 9.17) is 21.1 Å². The van der Waals surface area contributed by atoms with Gasteiger partial charge in [0.2, 0.25) is 0 Å². The molecule has 0 spiro atoms. The van der Waals surface area contributed by atoms with Gasteiger partial charge in [-0.15, -0.1) is 0 Å². The zero-order chi connectivity index (χ0) is 22.6. The summed E-state index contributed by atoms with van der Waals surface area (Å²) in [6.45, 7) is 1.62. The average Bonchev–Trinajstić information content (AvgIpc) is 3.08. The number of hydrogen-bond donors (Lipinski definition) is 2. The van der Waals surface area contributed by atoms with Crippen molar-refractivity contribution in [2.75, 3.05) is 18.5 Å². The lowest BCUT2D eigenvalue weighted by molar-refractivity contribution is 0.0946. The SMILES string of the molecule is O=C(NCc1ccc2c(c1)OCCCO2)c1ccc(Nc2nccc3ccc(Cl)cc23)cn1. The number of carbonyl (C=O) groups excluding carboxylic acids is 1. The number of pyridine rings is 2. The van der Waals surface area contributed by atoms with Crippen LogP contribution in [-0.2, 0) is 6.54 Å². The van der Waals surface area contributed by atoms with Crippen LogP contribution < -0.4 is 20.1 Å². The lowest BCUT2D eigenvalue weighted by Gasteiger charge is -2.11. The van der Waals surface area contributed by atoms with Crippen LogP contribution in [0.3, 0.4) is 0 Å². The molecular formula is C25H21ClN4O3. The summed E-state index contributed by atoms with van der Waals surface area (Å²) in [5.74, 6) is 1.85. The number of rotatable bonds is 5. The number of nitrogens with one attached hydrogen (secondary N) is 2. The molecule has 1 aliphatic heterocycles. The molecule has 7 nitrogen and oxygen atoms in total. The summed E-state index contributed by atoms with van der Waals surface area (Å²) in [6, 6.07) is 16.7. The standard InChI is InChI=1S/C25H21ClN4O3/c26-18-4-3-17-8-9-27-24(20(17)13-18)30-19-5-6-21(28-15-19)25(31)29-14-16-2-7-22-23(12-16)33-11-1-10-32-22/h2-9,12-13,15H,1,10-11,14H2,(H,27,30)(H,29,31). The minimum Gasteiger partial charge on any atom is -0.490 e. The number of anilines is 2. The lowest BCUT2D eigenvalue weighted by atomic mass is 10.1. The summed E-state index contributed by atoms with van der Waals surface area (Å²) in [5, 5.41) is 8.70. The number of ether oxygens (including phenoxy) is 2. The molecule has 0 fully saturated rings. The molecule has 33 heavy (non-hydrogen) atoms. The molecule has 2 aromatic carbocycles. The molecule has 2 aromatic heterocycles. The Hall–Kier alpha value is -3.84. The highest BCUT2D eigenvalue weighted by Crippen LogP contribution is 2.30. The fourth-order valence-corrected chi connectivity index (χ4v) is 3.74. The molecule has 8 heteroatoms. The van der Waals surface area contributed by atoms with E-state index in [-0.39, 0.29) is 5.91 Å². The first kappa shape index (κ1) is 21.0. The monoisotopic (exact) mass is 460 g/mol. The number of carbonyl (C=O) groups is 1. The number of benzene rings is 2. The summed E-state index contributed by atoms with van der Waals surface area (Å²) in [7, 11) is 0. The third-order valence-electron chi connectivity index (χ3n) is 5.25. The fraction of sp³-hybridized carbons (Fsp3) is 0.160. The van der Waals surface area contributed by atoms with E-state index >= 15 is 0 Å². The van der Waals surface area contributed by atoms with Gasteiger partial charge >= 0.3 is 0 Å². The number of amides is 1. The van der Waals surface area contributed by atoms with Gasteiger partial charge in [0.05, 0.1) is 25.1 Å². The van der Waals surface area contributed by atoms with Gasteiger partial charge in [0, 0.05) is 29.6 Å². The number of aromatic nitrogens is 2. The van der Waals surface area contributed by atoms with Crippen molar-refractivity contribution < 1.29 is 14.3 Å². The van der Waals surface area contributed by atoms with Crippen LogP contribution in [0.1, 0.15) is 22.5 Å². The highest BCUT2D eigenvalue weighted by molar-refractivity contribution is 6.31. The second kappa shape index (κ2) is 9.34. The Kier molecular flexibility index (Phi) is 5.95. The molecule has 166 valence electrons. The first-order valence-corrected chi connectivity index (χ1v) is 11.0. The van der Waals surface area contributed by atoms with E-state index in [1.54, 1.807) is 24.5 Å². The Morgan fingerprint density at radius 1 is 0.970 bits per heavy atom. The second-order valence-corrected chi connectivity index (χ2v) is 8.03. The van der Waals surface area contributed by atoms with Gasteiger partial charge in [-0.1, -0.05) is 23.7 Å². The van der Waals surface area contributed by atoms with E-state index in [9.17, 15) is 4.79 Å². The fourth-order valence-electron chi connectivity index (χ4n) is 3.57. The van der Waals surface area contributed by atoms with E-state index in [2.05, 4.69) is 20.6 Å². The predicted molar refractivity (Wildman–Crippen MR) is 127 cm³/mol. The normalized spacial score (nSPS) is 12.8. The van der Waals surface area contributed by atoms with Crippen molar-refractivity contribution in [1.29, 1.82) is 0 Å². The van der Waals surface area contributed by atoms with Crippen LogP contribution in [0.5, 0.6) is 11.5 Å². The van der Waals surface area contributed by atoms with Crippen molar-refractivity contribution in [3.63, 3.8) is 0 Å². The van der Waals surface area contributed by atoms with E-state index < -0.39 is 0 Å². The summed E-state index contributed by atoms with van der Waals surface area (Å²) in [4.78, 5) is 21.3. The molecule has 0 saturated carbocycles. The molecule has 2 N–H and O–H groups in total. The molecule has 1 amide bonds. The van der Waals surface area contributed by atoms with Gasteiger partial charge in [-0.05, 0) is 53.4 Å². The first-order valence-electron chi connectivity index (χ1n) is 10.6. The Morgan fingerprint density at radius 3 is 2.70 bits per heavy atom. The van der Waals surface area contributed by atoms with Gasteiger partial charge in [0.25, 0.3) is 5.91 Å². The van der Waals surface area contributed by atoms with Crippen LogP contribution in [-0.4, -0.2) is 29.1 Å². The molecular weight excluding hydrogens is 440 g/mol. The largest absolute Gasteiger partial charge is 0.490 e. The minimum atomic E-state index is -0.260. The Morgan fingerprint density at radius 2 is 1.85 bits per heavy atom.